The van der Waals surface area contributed by atoms with Crippen LogP contribution in [0.15, 0.2) is 78.9 Å². The lowest BCUT2D eigenvalue weighted by atomic mass is 10.0. The summed E-state index contributed by atoms with van der Waals surface area (Å²) in [4.78, 5) is 29.5. The second kappa shape index (κ2) is 10.6. The molecule has 0 atom stereocenters. The monoisotopic (exact) mass is 432 g/mol. The fourth-order valence-corrected chi connectivity index (χ4v) is 2.88. The molecular weight excluding hydrogens is 404 g/mol. The SMILES string of the molecule is CC(C)(C)ONC(=O)c1ccc(-c2cccc(CNC(=O)OCc3ccccc3)c2)cc1. The molecule has 0 heterocycles. The van der Waals surface area contributed by atoms with Gasteiger partial charge >= 0.3 is 6.09 Å². The first-order valence-electron chi connectivity index (χ1n) is 10.4. The summed E-state index contributed by atoms with van der Waals surface area (Å²) in [6, 6.07) is 24.6. The van der Waals surface area contributed by atoms with E-state index in [4.69, 9.17) is 9.57 Å². The Bertz CT molecular complexity index is 1040. The van der Waals surface area contributed by atoms with Crippen LogP contribution in [0.2, 0.25) is 0 Å². The third kappa shape index (κ3) is 7.25. The highest BCUT2D eigenvalue weighted by atomic mass is 16.7. The van der Waals surface area contributed by atoms with Crippen LogP contribution in [-0.2, 0) is 22.7 Å². The normalized spacial score (nSPS) is 11.0. The molecule has 166 valence electrons. The van der Waals surface area contributed by atoms with Gasteiger partial charge in [0.2, 0.25) is 0 Å². The average Bonchev–Trinajstić information content (AvgIpc) is 2.80. The summed E-state index contributed by atoms with van der Waals surface area (Å²) in [5.41, 5.74) is 6.35. The van der Waals surface area contributed by atoms with Crippen molar-refractivity contribution in [2.24, 2.45) is 0 Å². The van der Waals surface area contributed by atoms with Crippen molar-refractivity contribution >= 4 is 12.0 Å². The zero-order valence-electron chi connectivity index (χ0n) is 18.6. The maximum absolute atomic E-state index is 12.2. The molecule has 0 aliphatic heterocycles. The molecule has 0 aliphatic carbocycles. The van der Waals surface area contributed by atoms with Gasteiger partial charge in [0.25, 0.3) is 5.91 Å². The highest BCUT2D eigenvalue weighted by molar-refractivity contribution is 5.94. The molecule has 6 heteroatoms. The van der Waals surface area contributed by atoms with Gasteiger partial charge in [0.1, 0.15) is 6.61 Å². The molecule has 32 heavy (non-hydrogen) atoms. The van der Waals surface area contributed by atoms with Crippen LogP contribution in [-0.4, -0.2) is 17.6 Å². The van der Waals surface area contributed by atoms with E-state index >= 15 is 0 Å². The zero-order chi connectivity index (χ0) is 23.0. The van der Waals surface area contributed by atoms with Crippen molar-refractivity contribution in [3.8, 4) is 11.1 Å². The van der Waals surface area contributed by atoms with E-state index in [2.05, 4.69) is 10.8 Å². The quantitative estimate of drug-likeness (QED) is 0.501. The Morgan fingerprint density at radius 2 is 1.50 bits per heavy atom. The first-order chi connectivity index (χ1) is 15.3. The number of rotatable bonds is 7. The Morgan fingerprint density at radius 3 is 2.19 bits per heavy atom. The molecule has 0 fully saturated rings. The van der Waals surface area contributed by atoms with Crippen LogP contribution >= 0.6 is 0 Å². The van der Waals surface area contributed by atoms with Crippen LogP contribution in [0, 0.1) is 0 Å². The van der Waals surface area contributed by atoms with Crippen molar-refractivity contribution in [2.45, 2.75) is 39.5 Å². The molecule has 0 aromatic heterocycles. The van der Waals surface area contributed by atoms with Crippen molar-refractivity contribution in [1.82, 2.24) is 10.8 Å². The van der Waals surface area contributed by atoms with Gasteiger partial charge in [-0.25, -0.2) is 10.3 Å². The molecule has 3 aromatic rings. The van der Waals surface area contributed by atoms with Crippen molar-refractivity contribution in [3.63, 3.8) is 0 Å². The standard InChI is InChI=1S/C26H28N2O4/c1-26(2,3)32-28-24(29)22-14-12-21(13-15-22)23-11-7-10-20(16-23)17-27-25(30)31-18-19-8-5-4-6-9-19/h4-16H,17-18H2,1-3H3,(H,27,30)(H,28,29). The van der Waals surface area contributed by atoms with E-state index in [1.54, 1.807) is 12.1 Å². The second-order valence-electron chi connectivity index (χ2n) is 8.34. The topological polar surface area (TPSA) is 76.7 Å². The Morgan fingerprint density at radius 1 is 0.812 bits per heavy atom. The number of benzene rings is 3. The molecule has 0 bridgehead atoms. The van der Waals surface area contributed by atoms with Crippen molar-refractivity contribution in [3.05, 3.63) is 95.6 Å². The zero-order valence-corrected chi connectivity index (χ0v) is 18.6. The molecule has 0 saturated heterocycles. The molecule has 0 unspecified atom stereocenters. The number of hydroxylamine groups is 1. The maximum atomic E-state index is 12.2. The van der Waals surface area contributed by atoms with E-state index in [1.165, 1.54) is 0 Å². The minimum absolute atomic E-state index is 0.230. The lowest BCUT2D eigenvalue weighted by Crippen LogP contribution is -2.33. The van der Waals surface area contributed by atoms with Gasteiger partial charge < -0.3 is 10.1 Å². The Kier molecular flexibility index (Phi) is 7.63. The molecule has 6 nitrogen and oxygen atoms in total. The number of hydrogen-bond acceptors (Lipinski definition) is 4. The number of amides is 2. The van der Waals surface area contributed by atoms with Crippen LogP contribution in [0.3, 0.4) is 0 Å². The molecule has 3 aromatic carbocycles. The van der Waals surface area contributed by atoms with E-state index < -0.39 is 11.7 Å². The largest absolute Gasteiger partial charge is 0.445 e. The predicted molar refractivity (Wildman–Crippen MR) is 124 cm³/mol. The molecule has 0 aliphatic rings. The van der Waals surface area contributed by atoms with Crippen molar-refractivity contribution in [2.75, 3.05) is 0 Å². The first kappa shape index (κ1) is 23.0. The number of ether oxygens (including phenoxy) is 1. The van der Waals surface area contributed by atoms with E-state index in [9.17, 15) is 9.59 Å². The number of hydrogen-bond donors (Lipinski definition) is 2. The minimum atomic E-state index is -0.466. The third-order valence-corrected chi connectivity index (χ3v) is 4.51. The van der Waals surface area contributed by atoms with Crippen LogP contribution < -0.4 is 10.8 Å². The number of carbonyl (C=O) groups excluding carboxylic acids is 2. The highest BCUT2D eigenvalue weighted by Gasteiger charge is 2.14. The summed E-state index contributed by atoms with van der Waals surface area (Å²) in [7, 11) is 0. The molecular formula is C26H28N2O4. The van der Waals surface area contributed by atoms with E-state index in [0.717, 1.165) is 22.3 Å². The van der Waals surface area contributed by atoms with Gasteiger partial charge in [-0.2, -0.15) is 0 Å². The molecule has 3 rings (SSSR count). The predicted octanol–water partition coefficient (Wildman–Crippen LogP) is 5.24. The second-order valence-corrected chi connectivity index (χ2v) is 8.34. The first-order valence-corrected chi connectivity index (χ1v) is 10.4. The minimum Gasteiger partial charge on any atom is -0.445 e. The third-order valence-electron chi connectivity index (χ3n) is 4.51. The van der Waals surface area contributed by atoms with Gasteiger partial charge in [0.15, 0.2) is 0 Å². The van der Waals surface area contributed by atoms with Crippen LogP contribution in [0.25, 0.3) is 11.1 Å². The molecule has 2 N–H and O–H groups in total. The Labute approximate surface area is 188 Å². The van der Waals surface area contributed by atoms with Gasteiger partial charge in [-0.15, -0.1) is 0 Å². The molecule has 2 amide bonds. The summed E-state index contributed by atoms with van der Waals surface area (Å²) in [6.45, 7) is 6.17. The van der Waals surface area contributed by atoms with Gasteiger partial charge in [-0.3, -0.25) is 9.63 Å². The fraction of sp³-hybridized carbons (Fsp3) is 0.231. The van der Waals surface area contributed by atoms with Gasteiger partial charge in [-0.1, -0.05) is 60.7 Å². The Hall–Kier alpha value is -3.64. The fourth-order valence-electron chi connectivity index (χ4n) is 2.88. The summed E-state index contributed by atoms with van der Waals surface area (Å²) in [5, 5.41) is 2.77. The lowest BCUT2D eigenvalue weighted by Gasteiger charge is -2.18. The Balaban J connectivity index is 1.55. The van der Waals surface area contributed by atoms with Crippen LogP contribution in [0.1, 0.15) is 42.3 Å². The number of alkyl carbamates (subject to hydrolysis) is 1. The van der Waals surface area contributed by atoms with E-state index in [0.29, 0.717) is 12.1 Å². The molecule has 0 saturated carbocycles. The van der Waals surface area contributed by atoms with Gasteiger partial charge in [0, 0.05) is 12.1 Å². The van der Waals surface area contributed by atoms with E-state index in [1.807, 2.05) is 87.5 Å². The lowest BCUT2D eigenvalue weighted by molar-refractivity contribution is -0.0589. The summed E-state index contributed by atoms with van der Waals surface area (Å²) in [5.74, 6) is -0.293. The maximum Gasteiger partial charge on any atom is 0.407 e. The van der Waals surface area contributed by atoms with Gasteiger partial charge in [-0.05, 0) is 61.2 Å². The van der Waals surface area contributed by atoms with E-state index in [-0.39, 0.29) is 12.5 Å². The molecule has 0 radical (unpaired) electrons. The van der Waals surface area contributed by atoms with Crippen molar-refractivity contribution in [1.29, 1.82) is 0 Å². The summed E-state index contributed by atoms with van der Waals surface area (Å²) in [6.07, 6.45) is -0.466. The highest BCUT2D eigenvalue weighted by Crippen LogP contribution is 2.21. The van der Waals surface area contributed by atoms with Crippen LogP contribution in [0.4, 0.5) is 4.79 Å². The van der Waals surface area contributed by atoms with Gasteiger partial charge in [0.05, 0.1) is 5.60 Å². The molecule has 0 spiro atoms. The average molecular weight is 433 g/mol. The summed E-state index contributed by atoms with van der Waals surface area (Å²) < 4.78 is 5.24. The smallest absolute Gasteiger partial charge is 0.407 e. The summed E-state index contributed by atoms with van der Waals surface area (Å²) >= 11 is 0. The van der Waals surface area contributed by atoms with Crippen LogP contribution in [0.5, 0.6) is 0 Å². The van der Waals surface area contributed by atoms with Crippen molar-refractivity contribution < 1.29 is 19.2 Å². The number of carbonyl (C=O) groups is 2. The number of nitrogens with one attached hydrogen (secondary N) is 2.